The Morgan fingerprint density at radius 3 is 2.58 bits per heavy atom. The fourth-order valence-corrected chi connectivity index (χ4v) is 3.18. The monoisotopic (exact) mass is 487 g/mol. The molecule has 0 amide bonds. The molecular weight excluding hydrogens is 457 g/mol. The molecule has 6 heteroatoms. The molecule has 0 aliphatic heterocycles. The van der Waals surface area contributed by atoms with Gasteiger partial charge in [-0.25, -0.2) is 4.99 Å². The van der Waals surface area contributed by atoms with Crippen LogP contribution in [-0.2, 0) is 17.9 Å². The molecule has 144 valence electrons. The van der Waals surface area contributed by atoms with Gasteiger partial charge in [0, 0.05) is 29.5 Å². The van der Waals surface area contributed by atoms with Crippen LogP contribution in [-0.4, -0.2) is 25.7 Å². The second-order valence-corrected chi connectivity index (χ2v) is 7.25. The minimum absolute atomic E-state index is 0. The predicted molar refractivity (Wildman–Crippen MR) is 123 cm³/mol. The van der Waals surface area contributed by atoms with Gasteiger partial charge in [-0.15, -0.1) is 35.3 Å². The summed E-state index contributed by atoms with van der Waals surface area (Å²) in [6.45, 7) is 8.20. The Kier molecular flexibility index (Phi) is 12.3. The normalized spacial score (nSPS) is 11.1. The van der Waals surface area contributed by atoms with E-state index < -0.39 is 0 Å². The quantitative estimate of drug-likeness (QED) is 0.221. The molecule has 0 saturated heterocycles. The Balaban J connectivity index is 0.00000338. The minimum Gasteiger partial charge on any atom is -0.377 e. The van der Waals surface area contributed by atoms with Crippen molar-refractivity contribution in [2.24, 2.45) is 4.99 Å². The van der Waals surface area contributed by atoms with Gasteiger partial charge in [-0.1, -0.05) is 30.3 Å². The third-order valence-corrected chi connectivity index (χ3v) is 4.64. The molecule has 2 aromatic rings. The third kappa shape index (κ3) is 9.54. The summed E-state index contributed by atoms with van der Waals surface area (Å²) in [5, 5.41) is 6.69. The molecule has 0 bridgehead atoms. The summed E-state index contributed by atoms with van der Waals surface area (Å²) in [4.78, 5) is 7.27. The number of nitrogens with one attached hydrogen (secondary N) is 2. The number of hydrogen-bond acceptors (Lipinski definition) is 3. The van der Waals surface area contributed by atoms with Crippen LogP contribution >= 0.6 is 35.3 Å². The smallest absolute Gasteiger partial charge is 0.191 e. The Morgan fingerprint density at radius 1 is 1.08 bits per heavy atom. The van der Waals surface area contributed by atoms with Crippen LogP contribution in [0.1, 0.15) is 35.1 Å². The van der Waals surface area contributed by atoms with E-state index in [4.69, 9.17) is 4.74 Å². The van der Waals surface area contributed by atoms with E-state index in [9.17, 15) is 0 Å². The maximum absolute atomic E-state index is 5.71. The van der Waals surface area contributed by atoms with Crippen molar-refractivity contribution >= 4 is 41.3 Å². The Hall–Kier alpha value is -1.12. The molecule has 0 atom stereocenters. The second kappa shape index (κ2) is 14.0. The van der Waals surface area contributed by atoms with Crippen molar-refractivity contribution in [3.63, 3.8) is 0 Å². The highest BCUT2D eigenvalue weighted by Crippen LogP contribution is 2.15. The van der Waals surface area contributed by atoms with Crippen molar-refractivity contribution in [1.29, 1.82) is 0 Å². The highest BCUT2D eigenvalue weighted by atomic mass is 127. The molecule has 0 fully saturated rings. The van der Waals surface area contributed by atoms with Crippen molar-refractivity contribution in [3.05, 3.63) is 57.8 Å². The number of hydrogen-bond donors (Lipinski definition) is 2. The van der Waals surface area contributed by atoms with Crippen molar-refractivity contribution < 1.29 is 4.74 Å². The van der Waals surface area contributed by atoms with E-state index in [-0.39, 0.29) is 24.0 Å². The summed E-state index contributed by atoms with van der Waals surface area (Å²) < 4.78 is 5.71. The molecule has 1 aromatic heterocycles. The number of aliphatic imine (C=N–C) groups is 1. The minimum atomic E-state index is 0. The Labute approximate surface area is 178 Å². The standard InChI is InChI=1S/C20H29N3OS.HI/c1-3-21-20(23-15-19-12-11-17(2)25-19)22-13-7-8-14-24-16-18-9-5-4-6-10-18;/h4-6,9-12H,3,7-8,13-16H2,1-2H3,(H2,21,22,23);1H. The van der Waals surface area contributed by atoms with Gasteiger partial charge in [-0.05, 0) is 44.4 Å². The first-order valence-corrected chi connectivity index (χ1v) is 9.78. The molecule has 0 aliphatic carbocycles. The zero-order valence-electron chi connectivity index (χ0n) is 15.7. The van der Waals surface area contributed by atoms with E-state index in [0.717, 1.165) is 45.0 Å². The zero-order chi connectivity index (χ0) is 17.7. The number of benzene rings is 1. The summed E-state index contributed by atoms with van der Waals surface area (Å²) in [6, 6.07) is 14.6. The van der Waals surface area contributed by atoms with Gasteiger partial charge in [0.1, 0.15) is 0 Å². The van der Waals surface area contributed by atoms with Crippen LogP contribution < -0.4 is 10.6 Å². The number of aryl methyl sites for hydroxylation is 1. The van der Waals surface area contributed by atoms with Gasteiger partial charge in [0.15, 0.2) is 5.96 Å². The first-order valence-electron chi connectivity index (χ1n) is 8.97. The van der Waals surface area contributed by atoms with Crippen LogP contribution in [0.15, 0.2) is 47.5 Å². The summed E-state index contributed by atoms with van der Waals surface area (Å²) in [5.74, 6) is 0.888. The molecule has 4 nitrogen and oxygen atoms in total. The van der Waals surface area contributed by atoms with Gasteiger partial charge in [0.25, 0.3) is 0 Å². The first-order chi connectivity index (χ1) is 12.3. The van der Waals surface area contributed by atoms with E-state index in [1.165, 1.54) is 15.3 Å². The van der Waals surface area contributed by atoms with E-state index in [2.05, 4.69) is 53.7 Å². The van der Waals surface area contributed by atoms with Crippen molar-refractivity contribution in [1.82, 2.24) is 10.6 Å². The second-order valence-electron chi connectivity index (χ2n) is 5.88. The molecule has 2 rings (SSSR count). The Morgan fingerprint density at radius 2 is 1.88 bits per heavy atom. The summed E-state index contributed by atoms with van der Waals surface area (Å²) >= 11 is 1.80. The number of guanidine groups is 1. The molecule has 0 radical (unpaired) electrons. The van der Waals surface area contributed by atoms with Crippen molar-refractivity contribution in [2.75, 3.05) is 19.7 Å². The van der Waals surface area contributed by atoms with Crippen LogP contribution in [0.3, 0.4) is 0 Å². The summed E-state index contributed by atoms with van der Waals surface area (Å²) in [5.41, 5.74) is 1.23. The molecular formula is C20H30IN3OS. The lowest BCUT2D eigenvalue weighted by Crippen LogP contribution is -2.37. The SMILES string of the molecule is CCNC(=NCc1ccc(C)s1)NCCCCOCc1ccccc1.I. The van der Waals surface area contributed by atoms with E-state index in [1.54, 1.807) is 11.3 Å². The third-order valence-electron chi connectivity index (χ3n) is 3.65. The number of ether oxygens (including phenoxy) is 1. The lowest BCUT2D eigenvalue weighted by Gasteiger charge is -2.11. The number of halogens is 1. The maximum Gasteiger partial charge on any atom is 0.191 e. The zero-order valence-corrected chi connectivity index (χ0v) is 18.8. The average molecular weight is 487 g/mol. The predicted octanol–water partition coefficient (Wildman–Crippen LogP) is 4.73. The van der Waals surface area contributed by atoms with Crippen LogP contribution in [0.25, 0.3) is 0 Å². The molecule has 0 saturated carbocycles. The van der Waals surface area contributed by atoms with Gasteiger partial charge >= 0.3 is 0 Å². The van der Waals surface area contributed by atoms with Crippen molar-refractivity contribution in [3.8, 4) is 0 Å². The van der Waals surface area contributed by atoms with Crippen LogP contribution in [0.5, 0.6) is 0 Å². The molecule has 26 heavy (non-hydrogen) atoms. The molecule has 0 aliphatic rings. The maximum atomic E-state index is 5.71. The summed E-state index contributed by atoms with van der Waals surface area (Å²) in [6.07, 6.45) is 2.11. The fourth-order valence-electron chi connectivity index (χ4n) is 2.37. The fraction of sp³-hybridized carbons (Fsp3) is 0.450. The number of thiophene rings is 1. The molecule has 1 aromatic carbocycles. The Bertz CT molecular complexity index is 631. The van der Waals surface area contributed by atoms with Gasteiger partial charge in [-0.2, -0.15) is 0 Å². The van der Waals surface area contributed by atoms with Gasteiger partial charge in [-0.3, -0.25) is 0 Å². The topological polar surface area (TPSA) is 45.7 Å². The number of nitrogens with zero attached hydrogens (tertiary/aromatic N) is 1. The van der Waals surface area contributed by atoms with Gasteiger partial charge < -0.3 is 15.4 Å². The highest BCUT2D eigenvalue weighted by molar-refractivity contribution is 14.0. The molecule has 1 heterocycles. The number of unbranched alkanes of at least 4 members (excludes halogenated alkanes) is 1. The molecule has 2 N–H and O–H groups in total. The van der Waals surface area contributed by atoms with Crippen LogP contribution in [0, 0.1) is 6.92 Å². The molecule has 0 unspecified atom stereocenters. The molecule has 0 spiro atoms. The summed E-state index contributed by atoms with van der Waals surface area (Å²) in [7, 11) is 0. The largest absolute Gasteiger partial charge is 0.377 e. The van der Waals surface area contributed by atoms with E-state index >= 15 is 0 Å². The lowest BCUT2D eigenvalue weighted by atomic mass is 10.2. The van der Waals surface area contributed by atoms with Crippen molar-refractivity contribution in [2.45, 2.75) is 39.8 Å². The van der Waals surface area contributed by atoms with E-state index in [0.29, 0.717) is 6.61 Å². The van der Waals surface area contributed by atoms with Gasteiger partial charge in [0.05, 0.1) is 13.2 Å². The van der Waals surface area contributed by atoms with Crippen LogP contribution in [0.4, 0.5) is 0 Å². The first kappa shape index (κ1) is 22.9. The lowest BCUT2D eigenvalue weighted by molar-refractivity contribution is 0.117. The number of rotatable bonds is 10. The van der Waals surface area contributed by atoms with Crippen LogP contribution in [0.2, 0.25) is 0 Å². The average Bonchev–Trinajstić information content (AvgIpc) is 3.05. The highest BCUT2D eigenvalue weighted by Gasteiger charge is 1.99. The van der Waals surface area contributed by atoms with Gasteiger partial charge in [0.2, 0.25) is 0 Å². The van der Waals surface area contributed by atoms with E-state index in [1.807, 2.05) is 18.2 Å².